The number of carbonyl (C=O) groups is 1. The lowest BCUT2D eigenvalue weighted by Gasteiger charge is -2.37. The second-order valence-corrected chi connectivity index (χ2v) is 22.7. The highest BCUT2D eigenvalue weighted by Gasteiger charge is 2.38. The normalized spacial score (nSPS) is 11.7. The summed E-state index contributed by atoms with van der Waals surface area (Å²) in [5.41, 5.74) is 6.39. The topological polar surface area (TPSA) is 181 Å². The van der Waals surface area contributed by atoms with Crippen LogP contribution in [0.3, 0.4) is 0 Å². The molecule has 13 nitrogen and oxygen atoms in total. The van der Waals surface area contributed by atoms with Gasteiger partial charge in [-0.05, 0) is 149 Å². The van der Waals surface area contributed by atoms with E-state index in [1.807, 2.05) is 116 Å². The first-order valence-electron chi connectivity index (χ1n) is 25.1. The Morgan fingerprint density at radius 2 is 0.963 bits per heavy atom. The number of carbonyl (C=O) groups excluding carboxylic acids is 1. The fourth-order valence-corrected chi connectivity index (χ4v) is 11.9. The van der Waals surface area contributed by atoms with E-state index >= 15 is 0 Å². The molecule has 0 heterocycles. The molecule has 0 radical (unpaired) electrons. The van der Waals surface area contributed by atoms with Crippen molar-refractivity contribution in [3.05, 3.63) is 287 Å². The third-order valence-electron chi connectivity index (χ3n) is 13.6. The Morgan fingerprint density at radius 3 is 1.49 bits per heavy atom. The van der Waals surface area contributed by atoms with Crippen LogP contribution in [-0.4, -0.2) is 39.5 Å². The summed E-state index contributed by atoms with van der Waals surface area (Å²) in [6, 6.07) is 71.7. The molecular formula is C65H50O13S3. The van der Waals surface area contributed by atoms with Crippen molar-refractivity contribution in [1.29, 1.82) is 0 Å². The highest BCUT2D eigenvalue weighted by molar-refractivity contribution is 7.94. The van der Waals surface area contributed by atoms with Crippen LogP contribution in [0, 0.1) is 6.92 Å². The first kappa shape index (κ1) is 55.5. The van der Waals surface area contributed by atoms with Gasteiger partial charge in [-0.25, -0.2) is 13.7 Å². The van der Waals surface area contributed by atoms with Gasteiger partial charge in [0.15, 0.2) is 5.78 Å². The van der Waals surface area contributed by atoms with Gasteiger partial charge in [0, 0.05) is 21.6 Å². The Labute approximate surface area is 473 Å². The molecule has 0 aromatic heterocycles. The summed E-state index contributed by atoms with van der Waals surface area (Å²) in [5, 5.41) is 13.0. The molecule has 2 N–H and O–H groups in total. The average Bonchev–Trinajstić information content (AvgIpc) is 3.66. The van der Waals surface area contributed by atoms with Gasteiger partial charge < -0.3 is 18.9 Å². The Hall–Kier alpha value is -8.84. The Bertz CT molecular complexity index is 3990. The predicted octanol–water partition coefficient (Wildman–Crippen LogP) is 15.0. The predicted molar refractivity (Wildman–Crippen MR) is 308 cm³/mol. The van der Waals surface area contributed by atoms with Gasteiger partial charge in [0.1, 0.15) is 46.0 Å². The van der Waals surface area contributed by atoms with Crippen LogP contribution in [-0.2, 0) is 41.3 Å². The monoisotopic (exact) mass is 1130 g/mol. The van der Waals surface area contributed by atoms with Crippen molar-refractivity contribution >= 4 is 37.8 Å². The minimum atomic E-state index is -4.88. The van der Waals surface area contributed by atoms with Gasteiger partial charge in [-0.15, -0.1) is 4.33 Å². The summed E-state index contributed by atoms with van der Waals surface area (Å²) < 4.78 is 90.9. The molecule has 0 saturated heterocycles. The molecule has 10 aromatic rings. The molecule has 0 aliphatic rings. The number of ketones is 1. The highest BCUT2D eigenvalue weighted by atomic mass is 32.2. The van der Waals surface area contributed by atoms with E-state index in [2.05, 4.69) is 29.3 Å². The number of hydrogen-bond acceptors (Lipinski definition) is 13. The Kier molecular flexibility index (Phi) is 16.6. The standard InChI is InChI=1S/C65H50O13S3/c1-44-13-36-59(37-14-44)80(68,69)60-38-34-57(35-39-60)75-56-32-24-53(25-33-56)65(50-9-5-3-6-10-50,51-11-7-4-8-12-51)52-22-30-55(31-23-52)74-43-49-16-15-47(41-62(49)79-78-77-67)64(66)48-21-40-61(63(42-48)81(70,71)72)76-58-28-19-46(20-29-58)45-17-26-54(73-2)27-18-45/h3-42,67H,43H2,1-2H3,(H,70,71,72). The maximum Gasteiger partial charge on any atom is 0.298 e. The number of hydrogen-bond donors (Lipinski definition) is 2. The summed E-state index contributed by atoms with van der Waals surface area (Å²) >= 11 is 0.625. The molecule has 406 valence electrons. The number of methoxy groups -OCH3 is 1. The Morgan fingerprint density at radius 1 is 0.506 bits per heavy atom. The highest BCUT2D eigenvalue weighted by Crippen LogP contribution is 2.46. The van der Waals surface area contributed by atoms with Gasteiger partial charge in [0.25, 0.3) is 10.1 Å². The van der Waals surface area contributed by atoms with E-state index in [9.17, 15) is 26.2 Å². The van der Waals surface area contributed by atoms with Crippen LogP contribution in [0.5, 0.6) is 34.5 Å². The maximum absolute atomic E-state index is 14.0. The van der Waals surface area contributed by atoms with Gasteiger partial charge in [-0.2, -0.15) is 8.42 Å². The first-order valence-corrected chi connectivity index (χ1v) is 28.8. The van der Waals surface area contributed by atoms with E-state index in [1.165, 1.54) is 36.4 Å². The largest absolute Gasteiger partial charge is 0.497 e. The zero-order chi connectivity index (χ0) is 56.6. The van der Waals surface area contributed by atoms with Crippen molar-refractivity contribution in [3.63, 3.8) is 0 Å². The number of sulfone groups is 1. The lowest BCUT2D eigenvalue weighted by Crippen LogP contribution is -2.30. The third-order valence-corrected chi connectivity index (χ3v) is 16.9. The van der Waals surface area contributed by atoms with Crippen LogP contribution in [0.4, 0.5) is 0 Å². The van der Waals surface area contributed by atoms with Gasteiger partial charge >= 0.3 is 0 Å². The summed E-state index contributed by atoms with van der Waals surface area (Å²) in [5.74, 6) is 1.75. The molecule has 10 rings (SSSR count). The molecular weight excluding hydrogens is 1080 g/mol. The molecule has 81 heavy (non-hydrogen) atoms. The molecule has 0 unspecified atom stereocenters. The second kappa shape index (κ2) is 24.3. The summed E-state index contributed by atoms with van der Waals surface area (Å²) in [4.78, 5) is 14.1. The molecule has 16 heteroatoms. The van der Waals surface area contributed by atoms with E-state index in [0.29, 0.717) is 45.5 Å². The van der Waals surface area contributed by atoms with E-state index < -0.39 is 36.0 Å². The van der Waals surface area contributed by atoms with Crippen LogP contribution < -0.4 is 18.9 Å². The smallest absolute Gasteiger partial charge is 0.298 e. The minimum absolute atomic E-state index is 0.0137. The summed E-state index contributed by atoms with van der Waals surface area (Å²) in [7, 11) is -7.01. The molecule has 0 spiro atoms. The van der Waals surface area contributed by atoms with E-state index in [4.69, 9.17) is 28.5 Å². The van der Waals surface area contributed by atoms with Crippen molar-refractivity contribution in [2.45, 2.75) is 38.5 Å². The SMILES string of the molecule is COc1ccc(-c2ccc(Oc3ccc(C(=O)c4ccc(COc5ccc(C(c6ccccc6)(c6ccccc6)c6ccc(Oc7ccc(S(=O)(=O)c8ccc(C)cc8)cc7)cc6)cc5)c(SOOO)c4)cc3S(=O)(=O)O)cc2)cc1. The van der Waals surface area contributed by atoms with E-state index in [1.54, 1.807) is 73.8 Å². The third kappa shape index (κ3) is 12.3. The fourth-order valence-electron chi connectivity index (χ4n) is 9.46. The van der Waals surface area contributed by atoms with Gasteiger partial charge in [-0.1, -0.05) is 144 Å². The van der Waals surface area contributed by atoms with Crippen molar-refractivity contribution in [1.82, 2.24) is 0 Å². The van der Waals surface area contributed by atoms with Gasteiger partial charge in [0.05, 0.1) is 34.4 Å². The minimum Gasteiger partial charge on any atom is -0.497 e. The quantitative estimate of drug-likeness (QED) is 0.0173. The molecule has 0 saturated carbocycles. The van der Waals surface area contributed by atoms with Crippen LogP contribution in [0.2, 0.25) is 0 Å². The van der Waals surface area contributed by atoms with Crippen molar-refractivity contribution in [2.24, 2.45) is 0 Å². The van der Waals surface area contributed by atoms with Crippen LogP contribution >= 0.6 is 12.0 Å². The van der Waals surface area contributed by atoms with Gasteiger partial charge in [0.2, 0.25) is 9.84 Å². The number of benzene rings is 10. The van der Waals surface area contributed by atoms with Crippen LogP contribution in [0.25, 0.3) is 11.1 Å². The lowest BCUT2D eigenvalue weighted by atomic mass is 9.65. The lowest BCUT2D eigenvalue weighted by molar-refractivity contribution is -0.432. The van der Waals surface area contributed by atoms with Crippen molar-refractivity contribution in [3.8, 4) is 45.6 Å². The molecule has 0 aliphatic carbocycles. The van der Waals surface area contributed by atoms with E-state index in [-0.39, 0.29) is 39.0 Å². The fraction of sp³-hybridized carbons (Fsp3) is 0.0615. The van der Waals surface area contributed by atoms with Gasteiger partial charge in [-0.3, -0.25) is 9.35 Å². The molecule has 0 fully saturated rings. The van der Waals surface area contributed by atoms with E-state index in [0.717, 1.165) is 45.0 Å². The number of ether oxygens (including phenoxy) is 4. The Balaban J connectivity index is 0.876. The van der Waals surface area contributed by atoms with Crippen LogP contribution in [0.1, 0.15) is 49.3 Å². The zero-order valence-electron chi connectivity index (χ0n) is 43.4. The average molecular weight is 1140 g/mol. The molecule has 0 aliphatic heterocycles. The second-order valence-electron chi connectivity index (χ2n) is 18.6. The maximum atomic E-state index is 14.0. The number of aryl methyl sites for hydroxylation is 1. The summed E-state index contributed by atoms with van der Waals surface area (Å²) in [6.45, 7) is 1.89. The van der Waals surface area contributed by atoms with Crippen molar-refractivity contribution in [2.75, 3.05) is 7.11 Å². The molecule has 10 aromatic carbocycles. The molecule has 0 bridgehead atoms. The van der Waals surface area contributed by atoms with Crippen molar-refractivity contribution < 1.29 is 59.8 Å². The number of rotatable bonds is 21. The first-order chi connectivity index (χ1) is 39.2. The molecule has 0 amide bonds. The summed E-state index contributed by atoms with van der Waals surface area (Å²) in [6.07, 6.45) is 0. The zero-order valence-corrected chi connectivity index (χ0v) is 45.9. The molecule has 0 atom stereocenters. The van der Waals surface area contributed by atoms with Crippen LogP contribution in [0.15, 0.2) is 262 Å².